The normalized spacial score (nSPS) is 11.0. The van der Waals surface area contributed by atoms with Gasteiger partial charge in [-0.05, 0) is 12.1 Å². The molecule has 1 aromatic rings. The highest BCUT2D eigenvalue weighted by Gasteiger charge is 2.26. The molecule has 0 fully saturated rings. The number of aliphatic hydroxyl groups is 1. The number of halogens is 4. The standard InChI is InChI=1S/C13H12F4O2/c14-12-8-10(2-1-6-18)3-4-11(12)9-19-7-5-13(15,16)17/h3-4,8,18H,5-7,9H2. The number of rotatable bonds is 4. The first-order valence-corrected chi connectivity index (χ1v) is 5.45. The van der Waals surface area contributed by atoms with Crippen LogP contribution in [0.1, 0.15) is 17.5 Å². The Morgan fingerprint density at radius 1 is 1.26 bits per heavy atom. The molecule has 0 heterocycles. The Balaban J connectivity index is 2.51. The first kappa shape index (κ1) is 15.5. The number of aliphatic hydroxyl groups excluding tert-OH is 1. The van der Waals surface area contributed by atoms with Crippen molar-refractivity contribution in [3.05, 3.63) is 35.1 Å². The van der Waals surface area contributed by atoms with Gasteiger partial charge < -0.3 is 9.84 Å². The summed E-state index contributed by atoms with van der Waals surface area (Å²) >= 11 is 0. The number of hydrogen-bond donors (Lipinski definition) is 1. The monoisotopic (exact) mass is 276 g/mol. The fourth-order valence-electron chi connectivity index (χ4n) is 1.25. The second kappa shape index (κ2) is 7.12. The van der Waals surface area contributed by atoms with Gasteiger partial charge in [0.25, 0.3) is 0 Å². The minimum atomic E-state index is -4.28. The fraction of sp³-hybridized carbons (Fsp3) is 0.385. The van der Waals surface area contributed by atoms with E-state index in [4.69, 9.17) is 9.84 Å². The van der Waals surface area contributed by atoms with Gasteiger partial charge in [-0.25, -0.2) is 4.39 Å². The first-order chi connectivity index (χ1) is 8.92. The van der Waals surface area contributed by atoms with E-state index < -0.39 is 25.0 Å². The van der Waals surface area contributed by atoms with Crippen molar-refractivity contribution in [2.75, 3.05) is 13.2 Å². The van der Waals surface area contributed by atoms with Gasteiger partial charge in [-0.3, -0.25) is 0 Å². The quantitative estimate of drug-likeness (QED) is 0.520. The molecule has 0 spiro atoms. The van der Waals surface area contributed by atoms with E-state index in [1.807, 2.05) is 0 Å². The molecule has 0 aliphatic rings. The summed E-state index contributed by atoms with van der Waals surface area (Å²) < 4.78 is 53.8. The molecule has 19 heavy (non-hydrogen) atoms. The first-order valence-electron chi connectivity index (χ1n) is 5.45. The number of benzene rings is 1. The molecule has 1 N–H and O–H groups in total. The summed E-state index contributed by atoms with van der Waals surface area (Å²) in [4.78, 5) is 0. The van der Waals surface area contributed by atoms with Crippen LogP contribution in [0.2, 0.25) is 0 Å². The Morgan fingerprint density at radius 2 is 2.00 bits per heavy atom. The van der Waals surface area contributed by atoms with E-state index in [1.165, 1.54) is 12.1 Å². The lowest BCUT2D eigenvalue weighted by Crippen LogP contribution is -2.11. The van der Waals surface area contributed by atoms with E-state index in [2.05, 4.69) is 11.8 Å². The Kier molecular flexibility index (Phi) is 5.80. The second-order valence-corrected chi connectivity index (χ2v) is 3.68. The molecule has 0 saturated carbocycles. The van der Waals surface area contributed by atoms with Crippen LogP contribution in [0.3, 0.4) is 0 Å². The maximum atomic E-state index is 13.5. The predicted molar refractivity (Wildman–Crippen MR) is 60.7 cm³/mol. The third-order valence-electron chi connectivity index (χ3n) is 2.15. The largest absolute Gasteiger partial charge is 0.391 e. The van der Waals surface area contributed by atoms with E-state index >= 15 is 0 Å². The van der Waals surface area contributed by atoms with E-state index in [-0.39, 0.29) is 18.8 Å². The van der Waals surface area contributed by atoms with E-state index in [9.17, 15) is 17.6 Å². The highest BCUT2D eigenvalue weighted by atomic mass is 19.4. The minimum absolute atomic E-state index is 0.164. The maximum absolute atomic E-state index is 13.5. The van der Waals surface area contributed by atoms with Crippen molar-refractivity contribution < 1.29 is 27.4 Å². The summed E-state index contributed by atoms with van der Waals surface area (Å²) in [5.41, 5.74) is 0.544. The molecule has 0 saturated heterocycles. The smallest absolute Gasteiger partial charge is 0.384 e. The summed E-state index contributed by atoms with van der Waals surface area (Å²) in [6.07, 6.45) is -5.34. The van der Waals surface area contributed by atoms with Gasteiger partial charge in [0.15, 0.2) is 0 Å². The summed E-state index contributed by atoms with van der Waals surface area (Å²) in [7, 11) is 0. The van der Waals surface area contributed by atoms with Crippen LogP contribution in [0.4, 0.5) is 17.6 Å². The minimum Gasteiger partial charge on any atom is -0.384 e. The van der Waals surface area contributed by atoms with Crippen molar-refractivity contribution in [2.45, 2.75) is 19.2 Å². The highest BCUT2D eigenvalue weighted by Crippen LogP contribution is 2.19. The lowest BCUT2D eigenvalue weighted by atomic mass is 10.1. The Labute approximate surface area is 108 Å². The Hall–Kier alpha value is -1.58. The van der Waals surface area contributed by atoms with Crippen LogP contribution < -0.4 is 0 Å². The second-order valence-electron chi connectivity index (χ2n) is 3.68. The average Bonchev–Trinajstić information content (AvgIpc) is 2.32. The zero-order chi connectivity index (χ0) is 14.3. The van der Waals surface area contributed by atoms with Gasteiger partial charge in [-0.15, -0.1) is 0 Å². The lowest BCUT2D eigenvalue weighted by Gasteiger charge is -2.08. The molecule has 6 heteroatoms. The Bertz CT molecular complexity index is 472. The van der Waals surface area contributed by atoms with Gasteiger partial charge in [0.2, 0.25) is 0 Å². The lowest BCUT2D eigenvalue weighted by molar-refractivity contribution is -0.146. The van der Waals surface area contributed by atoms with Crippen LogP contribution in [-0.4, -0.2) is 24.5 Å². The average molecular weight is 276 g/mol. The summed E-state index contributed by atoms with van der Waals surface area (Å²) in [6, 6.07) is 4.05. The topological polar surface area (TPSA) is 29.5 Å². The van der Waals surface area contributed by atoms with Gasteiger partial charge in [0, 0.05) is 11.1 Å². The van der Waals surface area contributed by atoms with Crippen LogP contribution in [0, 0.1) is 17.7 Å². The summed E-state index contributed by atoms with van der Waals surface area (Å²) in [5, 5.41) is 8.48. The van der Waals surface area contributed by atoms with Crippen molar-refractivity contribution in [3.63, 3.8) is 0 Å². The molecule has 0 amide bonds. The van der Waals surface area contributed by atoms with Crippen molar-refractivity contribution in [1.82, 2.24) is 0 Å². The van der Waals surface area contributed by atoms with E-state index in [1.54, 1.807) is 0 Å². The summed E-state index contributed by atoms with van der Waals surface area (Å²) in [5.74, 6) is 4.28. The molecule has 0 atom stereocenters. The number of hydrogen-bond acceptors (Lipinski definition) is 2. The van der Waals surface area contributed by atoms with E-state index in [0.29, 0.717) is 5.56 Å². The molecule has 0 unspecified atom stereocenters. The summed E-state index contributed by atoms with van der Waals surface area (Å²) in [6.45, 7) is -1.06. The molecule has 104 valence electrons. The molecule has 0 aliphatic heterocycles. The molecule has 0 aliphatic carbocycles. The van der Waals surface area contributed by atoms with Gasteiger partial charge in [0.05, 0.1) is 19.6 Å². The highest BCUT2D eigenvalue weighted by molar-refractivity contribution is 5.36. The van der Waals surface area contributed by atoms with Gasteiger partial charge >= 0.3 is 6.18 Å². The SMILES string of the molecule is OCC#Cc1ccc(COCCC(F)(F)F)c(F)c1. The van der Waals surface area contributed by atoms with Crippen molar-refractivity contribution in [3.8, 4) is 11.8 Å². The van der Waals surface area contributed by atoms with Crippen LogP contribution in [-0.2, 0) is 11.3 Å². The molecule has 0 bridgehead atoms. The molecule has 0 radical (unpaired) electrons. The predicted octanol–water partition coefficient (Wildman–Crippen LogP) is 2.64. The van der Waals surface area contributed by atoms with Crippen molar-refractivity contribution in [1.29, 1.82) is 0 Å². The van der Waals surface area contributed by atoms with Gasteiger partial charge in [-0.1, -0.05) is 17.9 Å². The van der Waals surface area contributed by atoms with Gasteiger partial charge in [-0.2, -0.15) is 13.2 Å². The molecule has 1 rings (SSSR count). The fourth-order valence-corrected chi connectivity index (χ4v) is 1.25. The molecular formula is C13H12F4O2. The number of alkyl halides is 3. The van der Waals surface area contributed by atoms with Crippen molar-refractivity contribution >= 4 is 0 Å². The number of ether oxygens (including phenoxy) is 1. The van der Waals surface area contributed by atoms with E-state index in [0.717, 1.165) is 6.07 Å². The third kappa shape index (κ3) is 6.22. The molecule has 1 aromatic carbocycles. The van der Waals surface area contributed by atoms with Crippen LogP contribution >= 0.6 is 0 Å². The Morgan fingerprint density at radius 3 is 2.58 bits per heavy atom. The molecule has 0 aromatic heterocycles. The maximum Gasteiger partial charge on any atom is 0.391 e. The third-order valence-corrected chi connectivity index (χ3v) is 2.15. The van der Waals surface area contributed by atoms with Crippen molar-refractivity contribution in [2.24, 2.45) is 0 Å². The van der Waals surface area contributed by atoms with Gasteiger partial charge in [0.1, 0.15) is 12.4 Å². The van der Waals surface area contributed by atoms with Crippen LogP contribution in [0.25, 0.3) is 0 Å². The van der Waals surface area contributed by atoms with Crippen LogP contribution in [0.5, 0.6) is 0 Å². The molecular weight excluding hydrogens is 264 g/mol. The zero-order valence-corrected chi connectivity index (χ0v) is 9.93. The zero-order valence-electron chi connectivity index (χ0n) is 9.93. The molecule has 2 nitrogen and oxygen atoms in total. The van der Waals surface area contributed by atoms with Crippen LogP contribution in [0.15, 0.2) is 18.2 Å².